The highest BCUT2D eigenvalue weighted by molar-refractivity contribution is 6.08. The van der Waals surface area contributed by atoms with Gasteiger partial charge in [-0.1, -0.05) is 93.8 Å². The molecule has 0 radical (unpaired) electrons. The normalized spacial score (nSPS) is 15.6. The third-order valence-electron chi connectivity index (χ3n) is 7.52. The topological polar surface area (TPSA) is 103 Å². The van der Waals surface area contributed by atoms with Crippen LogP contribution in [0.25, 0.3) is 0 Å². The summed E-state index contributed by atoms with van der Waals surface area (Å²) in [4.78, 5) is 54.1. The number of ether oxygens (including phenoxy) is 2. The Bertz CT molecular complexity index is 1320. The van der Waals surface area contributed by atoms with E-state index in [9.17, 15) is 19.2 Å². The molecule has 234 valence electrons. The number of esters is 2. The molecule has 1 aliphatic rings. The molecule has 0 bridgehead atoms. The van der Waals surface area contributed by atoms with Crippen LogP contribution in [0.5, 0.6) is 0 Å². The van der Waals surface area contributed by atoms with Crippen molar-refractivity contribution in [2.24, 2.45) is 5.92 Å². The van der Waals surface area contributed by atoms with Crippen molar-refractivity contribution in [3.8, 4) is 0 Å². The minimum atomic E-state index is -0.822. The van der Waals surface area contributed by atoms with Gasteiger partial charge in [-0.3, -0.25) is 24.3 Å². The molecule has 2 heterocycles. The maximum absolute atomic E-state index is 13.0. The Morgan fingerprint density at radius 1 is 0.886 bits per heavy atom. The highest BCUT2D eigenvalue weighted by atomic mass is 16.5. The zero-order chi connectivity index (χ0) is 31.9. The summed E-state index contributed by atoms with van der Waals surface area (Å²) < 4.78 is 10.2. The molecule has 0 aliphatic carbocycles. The zero-order valence-electron chi connectivity index (χ0n) is 26.2. The smallest absolute Gasteiger partial charge is 0.330 e. The molecule has 0 unspecified atom stereocenters. The summed E-state index contributed by atoms with van der Waals surface area (Å²) in [5.41, 5.74) is 3.88. The van der Waals surface area contributed by atoms with Gasteiger partial charge in [-0.15, -0.1) is 0 Å². The Morgan fingerprint density at radius 3 is 2.09 bits per heavy atom. The summed E-state index contributed by atoms with van der Waals surface area (Å²) in [6.07, 6.45) is 6.60. The number of rotatable bonds is 13. The predicted molar refractivity (Wildman–Crippen MR) is 169 cm³/mol. The highest BCUT2D eigenvalue weighted by Gasteiger charge is 2.52. The van der Waals surface area contributed by atoms with Gasteiger partial charge >= 0.3 is 11.9 Å². The lowest BCUT2D eigenvalue weighted by atomic mass is 9.84. The number of aryl methyl sites for hydroxylation is 1. The minimum Gasteiger partial charge on any atom is -0.465 e. The van der Waals surface area contributed by atoms with E-state index in [4.69, 9.17) is 9.47 Å². The zero-order valence-corrected chi connectivity index (χ0v) is 26.2. The largest absolute Gasteiger partial charge is 0.465 e. The molecule has 1 aliphatic heterocycles. The van der Waals surface area contributed by atoms with Crippen molar-refractivity contribution >= 4 is 23.8 Å². The fourth-order valence-electron chi connectivity index (χ4n) is 5.13. The second-order valence-electron chi connectivity index (χ2n) is 10.9. The maximum Gasteiger partial charge on any atom is 0.330 e. The number of amides is 2. The van der Waals surface area contributed by atoms with E-state index in [1.165, 1.54) is 12.8 Å². The molecule has 0 spiro atoms. The summed E-state index contributed by atoms with van der Waals surface area (Å²) in [6.45, 7) is 8.26. The lowest BCUT2D eigenvalue weighted by Gasteiger charge is -2.42. The fourth-order valence-corrected chi connectivity index (χ4v) is 5.13. The summed E-state index contributed by atoms with van der Waals surface area (Å²) in [5.74, 6) is -2.09. The lowest BCUT2D eigenvalue weighted by molar-refractivity contribution is -0.178. The van der Waals surface area contributed by atoms with Gasteiger partial charge in [0.05, 0.1) is 31.2 Å². The van der Waals surface area contributed by atoms with Crippen molar-refractivity contribution < 1.29 is 28.7 Å². The van der Waals surface area contributed by atoms with Crippen LogP contribution >= 0.6 is 0 Å². The minimum absolute atomic E-state index is 0.113. The second-order valence-corrected chi connectivity index (χ2v) is 10.9. The number of aromatic nitrogens is 1. The average Bonchev–Trinajstić information content (AvgIpc) is 3.03. The SMILES string of the molecule is CCCCCCOC(=O)Cc1cc(C)ccn1.CCOC(=O)[C@@H]1[C@@H](C)C(=O)N1C(=O)CC(c1ccccc1)c1ccccc1. The van der Waals surface area contributed by atoms with Crippen molar-refractivity contribution in [2.45, 2.75) is 78.2 Å². The molecule has 1 fully saturated rings. The number of hydrogen-bond acceptors (Lipinski definition) is 7. The Hall–Kier alpha value is -4.33. The van der Waals surface area contributed by atoms with Gasteiger partial charge in [0.25, 0.3) is 0 Å². The third kappa shape index (κ3) is 9.86. The van der Waals surface area contributed by atoms with E-state index in [1.807, 2.05) is 79.7 Å². The first-order chi connectivity index (χ1) is 21.3. The van der Waals surface area contributed by atoms with Crippen LogP contribution in [-0.2, 0) is 35.1 Å². The number of nitrogens with zero attached hydrogens (tertiary/aromatic N) is 2. The Labute approximate surface area is 260 Å². The molecule has 8 nitrogen and oxygen atoms in total. The van der Waals surface area contributed by atoms with Gasteiger partial charge in [0.1, 0.15) is 6.04 Å². The number of pyridine rings is 1. The van der Waals surface area contributed by atoms with Crippen LogP contribution in [0.1, 0.15) is 81.2 Å². The molecule has 0 N–H and O–H groups in total. The molecule has 3 aromatic rings. The number of β-lactam (4-membered cyclic amide) rings is 1. The average molecular weight is 601 g/mol. The van der Waals surface area contributed by atoms with Crippen molar-refractivity contribution in [3.05, 3.63) is 101 Å². The number of imide groups is 1. The maximum atomic E-state index is 13.0. The Balaban J connectivity index is 0.000000269. The van der Waals surface area contributed by atoms with Crippen molar-refractivity contribution in [1.29, 1.82) is 0 Å². The summed E-state index contributed by atoms with van der Waals surface area (Å²) in [6, 6.07) is 22.4. The van der Waals surface area contributed by atoms with Gasteiger partial charge in [-0.2, -0.15) is 0 Å². The number of unbranched alkanes of at least 4 members (excludes halogenated alkanes) is 3. The van der Waals surface area contributed by atoms with E-state index in [0.717, 1.165) is 40.1 Å². The van der Waals surface area contributed by atoms with Gasteiger partial charge < -0.3 is 9.47 Å². The van der Waals surface area contributed by atoms with Crippen LogP contribution in [0.3, 0.4) is 0 Å². The summed E-state index contributed by atoms with van der Waals surface area (Å²) in [5, 5.41) is 0. The number of carbonyl (C=O) groups excluding carboxylic acids is 4. The second kappa shape index (κ2) is 17.7. The summed E-state index contributed by atoms with van der Waals surface area (Å²) >= 11 is 0. The monoisotopic (exact) mass is 600 g/mol. The number of benzene rings is 2. The standard InChI is InChI=1S/C22H23NO4.C14H21NO2/c1-3-27-22(26)20-15(2)21(25)23(20)19(24)14-18(16-10-6-4-7-11-16)17-12-8-5-9-13-17;1-3-4-5-6-9-17-14(16)11-13-10-12(2)7-8-15-13/h4-13,15,18,20H,3,14H2,1-2H3;7-8,10H,3-6,9,11H2,1-2H3/t15-,20+;/m1./s1. The first-order valence-electron chi connectivity index (χ1n) is 15.5. The molecule has 4 rings (SSSR count). The van der Waals surface area contributed by atoms with Crippen LogP contribution in [0.2, 0.25) is 0 Å². The molecule has 1 aromatic heterocycles. The van der Waals surface area contributed by atoms with E-state index >= 15 is 0 Å². The van der Waals surface area contributed by atoms with Crippen LogP contribution in [-0.4, -0.2) is 52.9 Å². The van der Waals surface area contributed by atoms with Crippen molar-refractivity contribution in [1.82, 2.24) is 9.88 Å². The van der Waals surface area contributed by atoms with E-state index in [0.29, 0.717) is 6.61 Å². The molecule has 8 heteroatoms. The Kier molecular flexibility index (Phi) is 13.7. The molecule has 1 saturated heterocycles. The quantitative estimate of drug-likeness (QED) is 0.131. The molecular weight excluding hydrogens is 556 g/mol. The third-order valence-corrected chi connectivity index (χ3v) is 7.52. The van der Waals surface area contributed by atoms with Crippen LogP contribution < -0.4 is 0 Å². The van der Waals surface area contributed by atoms with Crippen LogP contribution in [0, 0.1) is 12.8 Å². The lowest BCUT2D eigenvalue weighted by Crippen LogP contribution is -2.65. The van der Waals surface area contributed by atoms with Gasteiger partial charge in [-0.25, -0.2) is 4.79 Å². The van der Waals surface area contributed by atoms with E-state index in [2.05, 4.69) is 11.9 Å². The predicted octanol–water partition coefficient (Wildman–Crippen LogP) is 6.20. The molecule has 44 heavy (non-hydrogen) atoms. The van der Waals surface area contributed by atoms with Gasteiger partial charge in [0, 0.05) is 18.5 Å². The number of hydrogen-bond donors (Lipinski definition) is 0. The molecule has 0 saturated carbocycles. The molecule has 2 aromatic carbocycles. The summed E-state index contributed by atoms with van der Waals surface area (Å²) in [7, 11) is 0. The number of likely N-dealkylation sites (tertiary alicyclic amines) is 1. The van der Waals surface area contributed by atoms with E-state index in [-0.39, 0.29) is 43.2 Å². The first-order valence-corrected chi connectivity index (χ1v) is 15.5. The Morgan fingerprint density at radius 2 is 1.52 bits per heavy atom. The first kappa shape index (κ1) is 34.2. The van der Waals surface area contributed by atoms with E-state index in [1.54, 1.807) is 20.0 Å². The highest BCUT2D eigenvalue weighted by Crippen LogP contribution is 2.33. The molecule has 2 atom stereocenters. The van der Waals surface area contributed by atoms with Crippen molar-refractivity contribution in [3.63, 3.8) is 0 Å². The molecular formula is C36H44N2O6. The van der Waals surface area contributed by atoms with Crippen LogP contribution in [0.4, 0.5) is 0 Å². The fraction of sp³-hybridized carbons (Fsp3) is 0.417. The van der Waals surface area contributed by atoms with Gasteiger partial charge in [0.2, 0.25) is 11.8 Å². The van der Waals surface area contributed by atoms with E-state index < -0.39 is 17.9 Å². The van der Waals surface area contributed by atoms with Crippen LogP contribution in [0.15, 0.2) is 79.0 Å². The van der Waals surface area contributed by atoms with Gasteiger partial charge in [0.15, 0.2) is 0 Å². The molecule has 2 amide bonds. The van der Waals surface area contributed by atoms with Crippen molar-refractivity contribution in [2.75, 3.05) is 13.2 Å². The number of carbonyl (C=O) groups is 4. The van der Waals surface area contributed by atoms with Gasteiger partial charge in [-0.05, 0) is 49.1 Å².